The molecule has 1 saturated heterocycles. The SMILES string of the molecule is Cc1cc(C)c2c(NCC3(CN4CCN(C)CC4)CC3)ncnc2n1. The van der Waals surface area contributed by atoms with E-state index >= 15 is 0 Å². The minimum Gasteiger partial charge on any atom is -0.369 e. The third kappa shape index (κ3) is 3.60. The van der Waals surface area contributed by atoms with E-state index < -0.39 is 0 Å². The zero-order valence-electron chi connectivity index (χ0n) is 15.5. The molecule has 0 unspecified atom stereocenters. The quantitative estimate of drug-likeness (QED) is 0.899. The van der Waals surface area contributed by atoms with Gasteiger partial charge in [-0.25, -0.2) is 15.0 Å². The summed E-state index contributed by atoms with van der Waals surface area (Å²) >= 11 is 0. The molecule has 6 nitrogen and oxygen atoms in total. The standard InChI is InChI=1S/C19H28N6/c1-14-10-15(2)23-18-16(14)17(21-13-22-18)20-11-19(4-5-19)12-25-8-6-24(3)7-9-25/h10,13H,4-9,11-12H2,1-3H3,(H,20,21,22,23). The molecule has 0 aromatic carbocycles. The number of hydrogen-bond donors (Lipinski definition) is 1. The van der Waals surface area contributed by atoms with Crippen LogP contribution in [-0.2, 0) is 0 Å². The number of pyridine rings is 1. The Morgan fingerprint density at radius 1 is 1.12 bits per heavy atom. The highest BCUT2D eigenvalue weighted by Crippen LogP contribution is 2.46. The van der Waals surface area contributed by atoms with E-state index in [1.54, 1.807) is 6.33 Å². The summed E-state index contributed by atoms with van der Waals surface area (Å²) in [6.07, 6.45) is 4.24. The molecule has 134 valence electrons. The Morgan fingerprint density at radius 2 is 1.88 bits per heavy atom. The average molecular weight is 340 g/mol. The molecule has 1 saturated carbocycles. The van der Waals surface area contributed by atoms with Gasteiger partial charge in [-0.05, 0) is 45.4 Å². The molecular weight excluding hydrogens is 312 g/mol. The van der Waals surface area contributed by atoms with Gasteiger partial charge in [0, 0.05) is 50.4 Å². The van der Waals surface area contributed by atoms with Gasteiger partial charge in [0.15, 0.2) is 5.65 Å². The molecule has 1 aliphatic heterocycles. The molecule has 2 fully saturated rings. The third-order valence-electron chi connectivity index (χ3n) is 5.67. The van der Waals surface area contributed by atoms with Gasteiger partial charge in [-0.15, -0.1) is 0 Å². The van der Waals surface area contributed by atoms with Crippen LogP contribution < -0.4 is 5.32 Å². The number of piperazine rings is 1. The summed E-state index contributed by atoms with van der Waals surface area (Å²) < 4.78 is 0. The molecular formula is C19H28N6. The minimum absolute atomic E-state index is 0.416. The third-order valence-corrected chi connectivity index (χ3v) is 5.67. The summed E-state index contributed by atoms with van der Waals surface area (Å²) in [4.78, 5) is 18.4. The molecule has 2 aromatic heterocycles. The zero-order chi connectivity index (χ0) is 17.4. The molecule has 6 heteroatoms. The molecule has 1 aliphatic carbocycles. The van der Waals surface area contributed by atoms with E-state index in [4.69, 9.17) is 0 Å². The van der Waals surface area contributed by atoms with Crippen LogP contribution in [-0.4, -0.2) is 71.1 Å². The van der Waals surface area contributed by atoms with Crippen LogP contribution in [0.5, 0.6) is 0 Å². The van der Waals surface area contributed by atoms with Crippen LogP contribution in [0.4, 0.5) is 5.82 Å². The molecule has 1 N–H and O–H groups in total. The summed E-state index contributed by atoms with van der Waals surface area (Å²) in [6.45, 7) is 11.1. The highest BCUT2D eigenvalue weighted by Gasteiger charge is 2.44. The van der Waals surface area contributed by atoms with Crippen molar-refractivity contribution in [3.63, 3.8) is 0 Å². The first kappa shape index (κ1) is 16.7. The Balaban J connectivity index is 1.45. The number of rotatable bonds is 5. The molecule has 0 radical (unpaired) electrons. The molecule has 2 aromatic rings. The maximum atomic E-state index is 4.55. The van der Waals surface area contributed by atoms with Crippen molar-refractivity contribution in [1.29, 1.82) is 0 Å². The van der Waals surface area contributed by atoms with Crippen molar-refractivity contribution >= 4 is 16.9 Å². The van der Waals surface area contributed by atoms with Gasteiger partial charge in [-0.3, -0.25) is 0 Å². The summed E-state index contributed by atoms with van der Waals surface area (Å²) in [7, 11) is 2.21. The Hall–Kier alpha value is -1.79. The first-order chi connectivity index (χ1) is 12.0. The number of hydrogen-bond acceptors (Lipinski definition) is 6. The van der Waals surface area contributed by atoms with Gasteiger partial charge >= 0.3 is 0 Å². The van der Waals surface area contributed by atoms with Crippen molar-refractivity contribution in [3.8, 4) is 0 Å². The normalized spacial score (nSPS) is 20.8. The van der Waals surface area contributed by atoms with Crippen LogP contribution in [0.1, 0.15) is 24.1 Å². The molecule has 0 bridgehead atoms. The van der Waals surface area contributed by atoms with Gasteiger partial charge in [0.2, 0.25) is 0 Å². The van der Waals surface area contributed by atoms with Crippen LogP contribution >= 0.6 is 0 Å². The van der Waals surface area contributed by atoms with E-state index in [1.807, 2.05) is 6.92 Å². The van der Waals surface area contributed by atoms with E-state index in [1.165, 1.54) is 51.1 Å². The number of nitrogens with zero attached hydrogens (tertiary/aromatic N) is 5. The molecule has 4 rings (SSSR count). The largest absolute Gasteiger partial charge is 0.369 e. The molecule has 3 heterocycles. The highest BCUT2D eigenvalue weighted by molar-refractivity contribution is 5.89. The topological polar surface area (TPSA) is 57.2 Å². The zero-order valence-corrected chi connectivity index (χ0v) is 15.5. The second kappa shape index (κ2) is 6.50. The lowest BCUT2D eigenvalue weighted by atomic mass is 10.1. The fourth-order valence-electron chi connectivity index (χ4n) is 3.86. The Bertz CT molecular complexity index is 762. The van der Waals surface area contributed by atoms with Gasteiger partial charge in [-0.2, -0.15) is 0 Å². The van der Waals surface area contributed by atoms with Crippen molar-refractivity contribution < 1.29 is 0 Å². The van der Waals surface area contributed by atoms with Crippen molar-refractivity contribution in [1.82, 2.24) is 24.8 Å². The number of aryl methyl sites for hydroxylation is 2. The number of fused-ring (bicyclic) bond motifs is 1. The van der Waals surface area contributed by atoms with Crippen LogP contribution in [0.25, 0.3) is 11.0 Å². The van der Waals surface area contributed by atoms with Crippen molar-refractivity contribution in [2.45, 2.75) is 26.7 Å². The van der Waals surface area contributed by atoms with Crippen molar-refractivity contribution in [3.05, 3.63) is 23.7 Å². The first-order valence-corrected chi connectivity index (χ1v) is 9.28. The highest BCUT2D eigenvalue weighted by atomic mass is 15.3. The van der Waals surface area contributed by atoms with Crippen LogP contribution in [0.15, 0.2) is 12.4 Å². The predicted octanol–water partition coefficient (Wildman–Crippen LogP) is 2.08. The molecule has 0 amide bonds. The minimum atomic E-state index is 0.416. The van der Waals surface area contributed by atoms with Crippen LogP contribution in [0.2, 0.25) is 0 Å². The van der Waals surface area contributed by atoms with Gasteiger partial charge in [0.1, 0.15) is 12.1 Å². The summed E-state index contributed by atoms with van der Waals surface area (Å²) in [5, 5.41) is 4.68. The van der Waals surface area contributed by atoms with Crippen molar-refractivity contribution in [2.75, 3.05) is 51.6 Å². The lowest BCUT2D eigenvalue weighted by Crippen LogP contribution is -2.47. The first-order valence-electron chi connectivity index (χ1n) is 9.28. The Kier molecular flexibility index (Phi) is 4.33. The summed E-state index contributed by atoms with van der Waals surface area (Å²) in [5.41, 5.74) is 3.40. The fourth-order valence-corrected chi connectivity index (χ4v) is 3.86. The smallest absolute Gasteiger partial charge is 0.165 e. The van der Waals surface area contributed by atoms with Crippen LogP contribution in [0.3, 0.4) is 0 Å². The summed E-state index contributed by atoms with van der Waals surface area (Å²) in [6, 6.07) is 2.11. The van der Waals surface area contributed by atoms with Gasteiger partial charge in [0.05, 0.1) is 5.39 Å². The Morgan fingerprint density at radius 3 is 2.60 bits per heavy atom. The number of anilines is 1. The number of nitrogens with one attached hydrogen (secondary N) is 1. The van der Waals surface area contributed by atoms with Crippen molar-refractivity contribution in [2.24, 2.45) is 5.41 Å². The monoisotopic (exact) mass is 340 g/mol. The van der Waals surface area contributed by atoms with Gasteiger partial charge < -0.3 is 15.1 Å². The lowest BCUT2D eigenvalue weighted by molar-refractivity contribution is 0.133. The Labute approximate surface area is 149 Å². The van der Waals surface area contributed by atoms with Crippen LogP contribution in [0, 0.1) is 19.3 Å². The van der Waals surface area contributed by atoms with E-state index in [-0.39, 0.29) is 0 Å². The van der Waals surface area contributed by atoms with E-state index in [0.717, 1.165) is 29.1 Å². The maximum absolute atomic E-state index is 4.55. The second-order valence-corrected chi connectivity index (χ2v) is 7.93. The second-order valence-electron chi connectivity index (χ2n) is 7.93. The molecule has 25 heavy (non-hydrogen) atoms. The fraction of sp³-hybridized carbons (Fsp3) is 0.632. The lowest BCUT2D eigenvalue weighted by Gasteiger charge is -2.35. The maximum Gasteiger partial charge on any atom is 0.165 e. The van der Waals surface area contributed by atoms with Gasteiger partial charge in [-0.1, -0.05) is 0 Å². The average Bonchev–Trinajstić information content (AvgIpc) is 3.34. The number of likely N-dealkylation sites (N-methyl/N-ethyl adjacent to an activating group) is 1. The molecule has 2 aliphatic rings. The predicted molar refractivity (Wildman–Crippen MR) is 101 cm³/mol. The van der Waals surface area contributed by atoms with E-state index in [0.29, 0.717) is 5.41 Å². The number of aromatic nitrogens is 3. The molecule has 0 atom stereocenters. The van der Waals surface area contributed by atoms with E-state index in [2.05, 4.69) is 50.1 Å². The van der Waals surface area contributed by atoms with E-state index in [9.17, 15) is 0 Å². The molecule has 0 spiro atoms. The summed E-state index contributed by atoms with van der Waals surface area (Å²) in [5.74, 6) is 0.930. The van der Waals surface area contributed by atoms with Gasteiger partial charge in [0.25, 0.3) is 0 Å².